The van der Waals surface area contributed by atoms with E-state index in [9.17, 15) is 39.9 Å². The molecule has 1 unspecified atom stereocenters. The highest BCUT2D eigenvalue weighted by atomic mass is 35.5. The number of ether oxygens (including phenoxy) is 1. The molecule has 0 bridgehead atoms. The normalized spacial score (nSPS) is 15.7. The summed E-state index contributed by atoms with van der Waals surface area (Å²) >= 11 is 4.11. The van der Waals surface area contributed by atoms with E-state index in [1.54, 1.807) is 0 Å². The Morgan fingerprint density at radius 2 is 1.47 bits per heavy atom. The minimum absolute atomic E-state index is 0.761. The maximum absolute atomic E-state index is 13.2. The molecule has 11 heteroatoms. The Kier molecular flexibility index (Phi) is 5.21. The summed E-state index contributed by atoms with van der Waals surface area (Å²) in [4.78, 5) is 10.6. The van der Waals surface area contributed by atoms with E-state index in [0.29, 0.717) is 0 Å². The van der Waals surface area contributed by atoms with Crippen LogP contribution in [-0.2, 0) is 9.53 Å². The van der Waals surface area contributed by atoms with E-state index in [-0.39, 0.29) is 0 Å². The molecule has 112 valence electrons. The Balaban J connectivity index is 5.72. The molecule has 0 saturated carbocycles. The van der Waals surface area contributed by atoms with Crippen LogP contribution < -0.4 is 0 Å². The van der Waals surface area contributed by atoms with E-state index in [4.69, 9.17) is 0 Å². The summed E-state index contributed by atoms with van der Waals surface area (Å²) in [5, 5.41) is -5.76. The van der Waals surface area contributed by atoms with Crippen molar-refractivity contribution in [3.63, 3.8) is 0 Å². The molecule has 0 fully saturated rings. The summed E-state index contributed by atoms with van der Waals surface area (Å²) in [6, 6.07) is 0. The van der Waals surface area contributed by atoms with Gasteiger partial charge in [-0.15, -0.1) is 0 Å². The van der Waals surface area contributed by atoms with Gasteiger partial charge in [0.05, 0.1) is 6.61 Å². The van der Waals surface area contributed by atoms with Crippen LogP contribution in [0, 0.1) is 0 Å². The van der Waals surface area contributed by atoms with E-state index >= 15 is 0 Å². The molecule has 0 aromatic heterocycles. The number of esters is 1. The maximum Gasteiger partial charge on any atom is 0.396 e. The largest absolute Gasteiger partial charge is 0.461 e. The minimum atomic E-state index is -6.15. The number of carbonyl (C=O) groups excluding carboxylic acids is 1. The smallest absolute Gasteiger partial charge is 0.396 e. The highest BCUT2D eigenvalue weighted by Gasteiger charge is 2.76. The average molecular weight is 321 g/mol. The van der Waals surface area contributed by atoms with Crippen molar-refractivity contribution in [2.45, 2.75) is 23.9 Å². The van der Waals surface area contributed by atoms with Crippen LogP contribution in [-0.4, -0.2) is 29.5 Å². The van der Waals surface area contributed by atoms with Crippen LogP contribution in [0.25, 0.3) is 0 Å². The topological polar surface area (TPSA) is 26.3 Å². The maximum atomic E-state index is 13.2. The molecule has 0 heterocycles. The molecule has 0 rings (SSSR count). The second-order valence-corrected chi connectivity index (χ2v) is 3.54. The van der Waals surface area contributed by atoms with Crippen molar-refractivity contribution in [2.24, 2.45) is 0 Å². The first-order valence-corrected chi connectivity index (χ1v) is 4.73. The quantitative estimate of drug-likeness (QED) is 0.437. The van der Waals surface area contributed by atoms with Crippen LogP contribution >= 0.6 is 11.6 Å². The first kappa shape index (κ1) is 17.9. The van der Waals surface area contributed by atoms with Crippen molar-refractivity contribution >= 4 is 17.6 Å². The molecule has 0 saturated heterocycles. The van der Waals surface area contributed by atoms with Gasteiger partial charge in [0, 0.05) is 0 Å². The fraction of sp³-hybridized carbons (Fsp3) is 0.625. The summed E-state index contributed by atoms with van der Waals surface area (Å²) in [7, 11) is 0. The van der Waals surface area contributed by atoms with Gasteiger partial charge in [0.15, 0.2) is 0 Å². The Bertz CT molecular complexity index is 388. The van der Waals surface area contributed by atoms with Crippen LogP contribution in [0.3, 0.4) is 0 Å². The molecule has 0 radical (unpaired) electrons. The lowest BCUT2D eigenvalue weighted by molar-refractivity contribution is -0.218. The third-order valence-electron chi connectivity index (χ3n) is 1.76. The van der Waals surface area contributed by atoms with Crippen molar-refractivity contribution in [1.29, 1.82) is 0 Å². The second kappa shape index (κ2) is 5.51. The van der Waals surface area contributed by atoms with Crippen LogP contribution in [0.2, 0.25) is 0 Å². The second-order valence-electron chi connectivity index (χ2n) is 3.02. The van der Waals surface area contributed by atoms with E-state index < -0.39 is 41.5 Å². The van der Waals surface area contributed by atoms with Gasteiger partial charge in [-0.05, 0) is 6.92 Å². The molecule has 1 atom stereocenters. The molecule has 0 aromatic rings. The fourth-order valence-electron chi connectivity index (χ4n) is 0.804. The Morgan fingerprint density at radius 3 is 1.79 bits per heavy atom. The van der Waals surface area contributed by atoms with Gasteiger partial charge in [-0.2, -0.15) is 30.7 Å². The molecule has 2 nitrogen and oxygen atoms in total. The molecule has 0 aliphatic heterocycles. The zero-order valence-corrected chi connectivity index (χ0v) is 9.68. The van der Waals surface area contributed by atoms with Crippen LogP contribution in [0.5, 0.6) is 0 Å². The van der Waals surface area contributed by atoms with Crippen LogP contribution in [0.4, 0.5) is 35.1 Å². The van der Waals surface area contributed by atoms with Gasteiger partial charge in [0.2, 0.25) is 5.83 Å². The number of hydrogen-bond acceptors (Lipinski definition) is 2. The Labute approximate surface area is 106 Å². The number of hydrogen-bond donors (Lipinski definition) is 0. The summed E-state index contributed by atoms with van der Waals surface area (Å²) in [5.41, 5.74) is 0. The summed E-state index contributed by atoms with van der Waals surface area (Å²) in [6.45, 7) is 0.213. The van der Waals surface area contributed by atoms with Crippen molar-refractivity contribution in [2.75, 3.05) is 6.61 Å². The van der Waals surface area contributed by atoms with Crippen molar-refractivity contribution < 1.29 is 44.7 Å². The number of halogens is 9. The number of allylic oxidation sites excluding steroid dienone is 1. The lowest BCUT2D eigenvalue weighted by Crippen LogP contribution is -2.58. The van der Waals surface area contributed by atoms with Gasteiger partial charge >= 0.3 is 29.0 Å². The van der Waals surface area contributed by atoms with Crippen molar-refractivity contribution in [3.05, 3.63) is 11.9 Å². The molecule has 0 aromatic carbocycles. The van der Waals surface area contributed by atoms with E-state index in [2.05, 4.69) is 16.3 Å². The van der Waals surface area contributed by atoms with Gasteiger partial charge < -0.3 is 4.74 Å². The zero-order chi connectivity index (χ0) is 15.6. The van der Waals surface area contributed by atoms with Gasteiger partial charge in [-0.3, -0.25) is 0 Å². The standard InChI is InChI=1S/C8H5ClF8O2/c1-2-19-5(18)7(15,16)8(9,17)6(13,14)3(10)4(11)12/h2H2,1H3. The van der Waals surface area contributed by atoms with Crippen molar-refractivity contribution in [3.8, 4) is 0 Å². The third-order valence-corrected chi connectivity index (χ3v) is 2.24. The van der Waals surface area contributed by atoms with Crippen LogP contribution in [0.1, 0.15) is 6.92 Å². The summed E-state index contributed by atoms with van der Waals surface area (Å²) < 4.78 is 104. The molecule has 19 heavy (non-hydrogen) atoms. The van der Waals surface area contributed by atoms with Crippen LogP contribution in [0.15, 0.2) is 11.9 Å². The number of carbonyl (C=O) groups is 1. The monoisotopic (exact) mass is 320 g/mol. The summed E-state index contributed by atoms with van der Waals surface area (Å²) in [5.74, 6) is -18.6. The van der Waals surface area contributed by atoms with Gasteiger partial charge in [-0.25, -0.2) is 9.18 Å². The predicted octanol–water partition coefficient (Wildman–Crippen LogP) is 3.80. The molecule has 0 aliphatic carbocycles. The fourth-order valence-corrected chi connectivity index (χ4v) is 0.964. The lowest BCUT2D eigenvalue weighted by atomic mass is 10.1. The number of rotatable bonds is 5. The number of alkyl halides is 6. The van der Waals surface area contributed by atoms with E-state index in [0.717, 1.165) is 6.92 Å². The van der Waals surface area contributed by atoms with E-state index in [1.807, 2.05) is 0 Å². The van der Waals surface area contributed by atoms with E-state index in [1.165, 1.54) is 0 Å². The zero-order valence-electron chi connectivity index (χ0n) is 8.93. The van der Waals surface area contributed by atoms with Gasteiger partial charge in [0.25, 0.3) is 0 Å². The van der Waals surface area contributed by atoms with Crippen molar-refractivity contribution in [1.82, 2.24) is 0 Å². The highest BCUT2D eigenvalue weighted by Crippen LogP contribution is 2.52. The lowest BCUT2D eigenvalue weighted by Gasteiger charge is -2.31. The molecule has 0 spiro atoms. The first-order chi connectivity index (χ1) is 8.34. The SMILES string of the molecule is CCOC(=O)C(F)(F)C(F)(Cl)C(F)(F)C(F)=C(F)F. The first-order valence-electron chi connectivity index (χ1n) is 4.35. The third kappa shape index (κ3) is 2.93. The average Bonchev–Trinajstić information content (AvgIpc) is 2.27. The van der Waals surface area contributed by atoms with Gasteiger partial charge in [0.1, 0.15) is 0 Å². The Hall–Kier alpha value is -1.06. The van der Waals surface area contributed by atoms with Gasteiger partial charge in [-0.1, -0.05) is 11.6 Å². The summed E-state index contributed by atoms with van der Waals surface area (Å²) in [6.07, 6.45) is -3.76. The molecule has 0 amide bonds. The molecular formula is C8H5ClF8O2. The minimum Gasteiger partial charge on any atom is -0.461 e. The molecule has 0 N–H and O–H groups in total. The predicted molar refractivity (Wildman–Crippen MR) is 46.6 cm³/mol. The molecular weight excluding hydrogens is 316 g/mol. The molecule has 0 aliphatic rings. The Morgan fingerprint density at radius 1 is 1.05 bits per heavy atom. The highest BCUT2D eigenvalue weighted by molar-refractivity contribution is 6.26.